The Hall–Kier alpha value is -3.05. The van der Waals surface area contributed by atoms with Gasteiger partial charge in [-0.3, -0.25) is 0 Å². The molecule has 0 spiro atoms. The van der Waals surface area contributed by atoms with Gasteiger partial charge >= 0.3 is 0 Å². The molecule has 0 saturated carbocycles. The van der Waals surface area contributed by atoms with Crippen molar-refractivity contribution in [2.45, 2.75) is 9.79 Å². The van der Waals surface area contributed by atoms with Gasteiger partial charge in [0.05, 0.1) is 5.52 Å². The second-order valence-electron chi connectivity index (χ2n) is 5.64. The van der Waals surface area contributed by atoms with Crippen LogP contribution in [0.4, 0.5) is 11.8 Å². The first-order chi connectivity index (χ1) is 12.2. The minimum atomic E-state index is 0.196. The van der Waals surface area contributed by atoms with Crippen molar-refractivity contribution in [1.82, 2.24) is 9.97 Å². The fourth-order valence-corrected chi connectivity index (χ4v) is 3.55. The SMILES string of the molecule is Nc1nc(N)c2cc(Sc3ccc(-c4ccccc4)cc3)ccc2n1. The summed E-state index contributed by atoms with van der Waals surface area (Å²) in [6, 6.07) is 24.8. The van der Waals surface area contributed by atoms with E-state index in [0.717, 1.165) is 20.7 Å². The molecule has 3 aromatic carbocycles. The molecular weight excluding hydrogens is 328 g/mol. The van der Waals surface area contributed by atoms with Gasteiger partial charge in [-0.1, -0.05) is 54.2 Å². The van der Waals surface area contributed by atoms with Gasteiger partial charge in [-0.15, -0.1) is 0 Å². The van der Waals surface area contributed by atoms with Gasteiger partial charge in [-0.25, -0.2) is 4.98 Å². The van der Waals surface area contributed by atoms with Crippen LogP contribution in [0, 0.1) is 0 Å². The molecule has 4 aromatic rings. The van der Waals surface area contributed by atoms with Crippen LogP contribution < -0.4 is 11.5 Å². The molecule has 0 aliphatic heterocycles. The Balaban J connectivity index is 1.61. The summed E-state index contributed by atoms with van der Waals surface area (Å²) in [5.74, 6) is 0.603. The average molecular weight is 344 g/mol. The van der Waals surface area contributed by atoms with Gasteiger partial charge < -0.3 is 11.5 Å². The minimum Gasteiger partial charge on any atom is -0.383 e. The van der Waals surface area contributed by atoms with Crippen LogP contribution >= 0.6 is 11.8 Å². The van der Waals surface area contributed by atoms with Gasteiger partial charge in [0.25, 0.3) is 0 Å². The first-order valence-corrected chi connectivity index (χ1v) is 8.67. The molecule has 0 amide bonds. The first-order valence-electron chi connectivity index (χ1n) is 7.85. The number of nitrogens with two attached hydrogens (primary N) is 2. The third-order valence-corrected chi connectivity index (χ3v) is 4.91. The first kappa shape index (κ1) is 15.5. The molecule has 1 heterocycles. The van der Waals surface area contributed by atoms with E-state index >= 15 is 0 Å². The van der Waals surface area contributed by atoms with E-state index in [2.05, 4.69) is 46.4 Å². The summed E-state index contributed by atoms with van der Waals surface area (Å²) in [4.78, 5) is 10.5. The van der Waals surface area contributed by atoms with Crippen molar-refractivity contribution < 1.29 is 0 Å². The van der Waals surface area contributed by atoms with Crippen molar-refractivity contribution in [3.05, 3.63) is 72.8 Å². The highest BCUT2D eigenvalue weighted by atomic mass is 32.2. The van der Waals surface area contributed by atoms with Crippen LogP contribution in [0.25, 0.3) is 22.0 Å². The van der Waals surface area contributed by atoms with Gasteiger partial charge in [0.15, 0.2) is 0 Å². The van der Waals surface area contributed by atoms with Crippen molar-refractivity contribution in [2.75, 3.05) is 11.5 Å². The maximum absolute atomic E-state index is 5.96. The highest BCUT2D eigenvalue weighted by Gasteiger charge is 2.06. The predicted octanol–water partition coefficient (Wildman–Crippen LogP) is 4.61. The van der Waals surface area contributed by atoms with Crippen LogP contribution in [0.15, 0.2) is 82.6 Å². The van der Waals surface area contributed by atoms with E-state index in [9.17, 15) is 0 Å². The van der Waals surface area contributed by atoms with Crippen LogP contribution in [-0.4, -0.2) is 9.97 Å². The van der Waals surface area contributed by atoms with E-state index in [4.69, 9.17) is 11.5 Å². The van der Waals surface area contributed by atoms with Crippen molar-refractivity contribution in [3.63, 3.8) is 0 Å². The summed E-state index contributed by atoms with van der Waals surface area (Å²) in [5, 5.41) is 0.820. The molecule has 0 aliphatic rings. The van der Waals surface area contributed by atoms with E-state index in [1.807, 2.05) is 36.4 Å². The second-order valence-corrected chi connectivity index (χ2v) is 6.79. The van der Waals surface area contributed by atoms with Gasteiger partial charge in [-0.05, 0) is 41.5 Å². The van der Waals surface area contributed by atoms with Crippen LogP contribution in [0.1, 0.15) is 0 Å². The quantitative estimate of drug-likeness (QED) is 0.567. The van der Waals surface area contributed by atoms with Crippen molar-refractivity contribution in [3.8, 4) is 11.1 Å². The molecule has 0 atom stereocenters. The molecule has 122 valence electrons. The molecule has 25 heavy (non-hydrogen) atoms. The molecule has 0 fully saturated rings. The van der Waals surface area contributed by atoms with Gasteiger partial charge in [-0.2, -0.15) is 4.98 Å². The lowest BCUT2D eigenvalue weighted by Gasteiger charge is -2.07. The number of anilines is 2. The normalized spacial score (nSPS) is 10.9. The fourth-order valence-electron chi connectivity index (χ4n) is 2.70. The number of hydrogen-bond donors (Lipinski definition) is 2. The Bertz CT molecular complexity index is 1030. The summed E-state index contributed by atoms with van der Waals surface area (Å²) in [7, 11) is 0. The molecule has 4 rings (SSSR count). The maximum atomic E-state index is 5.96. The number of hydrogen-bond acceptors (Lipinski definition) is 5. The lowest BCUT2D eigenvalue weighted by molar-refractivity contribution is 1.24. The zero-order valence-corrected chi connectivity index (χ0v) is 14.2. The molecule has 4 N–H and O–H groups in total. The number of benzene rings is 3. The van der Waals surface area contributed by atoms with Crippen molar-refractivity contribution in [1.29, 1.82) is 0 Å². The lowest BCUT2D eigenvalue weighted by atomic mass is 10.1. The van der Waals surface area contributed by atoms with E-state index in [0.29, 0.717) is 5.82 Å². The van der Waals surface area contributed by atoms with Gasteiger partial charge in [0, 0.05) is 15.2 Å². The van der Waals surface area contributed by atoms with E-state index < -0.39 is 0 Å². The molecule has 5 heteroatoms. The summed E-state index contributed by atoms with van der Waals surface area (Å²) >= 11 is 1.68. The van der Waals surface area contributed by atoms with Gasteiger partial charge in [0.2, 0.25) is 5.95 Å². The number of fused-ring (bicyclic) bond motifs is 1. The topological polar surface area (TPSA) is 77.8 Å². The standard InChI is InChI=1S/C20H16N4S/c21-19-17-12-16(10-11-18(17)23-20(22)24-19)25-15-8-6-14(7-9-15)13-4-2-1-3-5-13/h1-12H,(H4,21,22,23,24). The second kappa shape index (κ2) is 6.45. The number of rotatable bonds is 3. The number of nitrogens with zero attached hydrogens (tertiary/aromatic N) is 2. The van der Waals surface area contributed by atoms with Gasteiger partial charge in [0.1, 0.15) is 5.82 Å². The van der Waals surface area contributed by atoms with E-state index in [-0.39, 0.29) is 5.95 Å². The molecule has 1 aromatic heterocycles. The molecule has 0 unspecified atom stereocenters. The van der Waals surface area contributed by atoms with Crippen LogP contribution in [0.3, 0.4) is 0 Å². The van der Waals surface area contributed by atoms with E-state index in [1.54, 1.807) is 11.8 Å². The zero-order chi connectivity index (χ0) is 17.2. The maximum Gasteiger partial charge on any atom is 0.222 e. The third kappa shape index (κ3) is 3.27. The number of nitrogen functional groups attached to an aromatic ring is 2. The third-order valence-electron chi connectivity index (χ3n) is 3.91. The highest BCUT2D eigenvalue weighted by Crippen LogP contribution is 2.32. The Morgan fingerprint density at radius 3 is 2.12 bits per heavy atom. The molecule has 0 aliphatic carbocycles. The summed E-state index contributed by atoms with van der Waals surface area (Å²) in [6.45, 7) is 0. The predicted molar refractivity (Wildman–Crippen MR) is 104 cm³/mol. The molecular formula is C20H16N4S. The van der Waals surface area contributed by atoms with Crippen LogP contribution in [0.5, 0.6) is 0 Å². The average Bonchev–Trinajstić information content (AvgIpc) is 2.63. The monoisotopic (exact) mass is 344 g/mol. The van der Waals surface area contributed by atoms with E-state index in [1.165, 1.54) is 11.1 Å². The molecule has 0 radical (unpaired) electrons. The Morgan fingerprint density at radius 2 is 1.36 bits per heavy atom. The van der Waals surface area contributed by atoms with Crippen molar-refractivity contribution >= 4 is 34.4 Å². The Kier molecular flexibility index (Phi) is 3.99. The molecule has 0 saturated heterocycles. The van der Waals surface area contributed by atoms with Crippen LogP contribution in [0.2, 0.25) is 0 Å². The molecule has 4 nitrogen and oxygen atoms in total. The minimum absolute atomic E-state index is 0.196. The van der Waals surface area contributed by atoms with Crippen molar-refractivity contribution in [2.24, 2.45) is 0 Å². The highest BCUT2D eigenvalue weighted by molar-refractivity contribution is 7.99. The smallest absolute Gasteiger partial charge is 0.222 e. The Morgan fingerprint density at radius 1 is 0.680 bits per heavy atom. The number of aromatic nitrogens is 2. The zero-order valence-electron chi connectivity index (χ0n) is 13.4. The van der Waals surface area contributed by atoms with Crippen LogP contribution in [-0.2, 0) is 0 Å². The molecule has 0 bridgehead atoms. The Labute approximate surface area is 149 Å². The fraction of sp³-hybridized carbons (Fsp3) is 0. The lowest BCUT2D eigenvalue weighted by Crippen LogP contribution is -2.00. The largest absolute Gasteiger partial charge is 0.383 e. The summed E-state index contributed by atoms with van der Waals surface area (Å²) in [6.07, 6.45) is 0. The summed E-state index contributed by atoms with van der Waals surface area (Å²) < 4.78 is 0. The summed E-state index contributed by atoms with van der Waals surface area (Å²) in [5.41, 5.74) is 14.8.